The Kier molecular flexibility index (Phi) is 6.12. The molecule has 0 radical (unpaired) electrons. The summed E-state index contributed by atoms with van der Waals surface area (Å²) >= 11 is 0. The number of carbonyl (C=O) groups excluding carboxylic acids is 1. The van der Waals surface area contributed by atoms with Crippen molar-refractivity contribution in [2.24, 2.45) is 0 Å². The monoisotopic (exact) mass is 433 g/mol. The lowest BCUT2D eigenvalue weighted by Gasteiger charge is -2.10. The average molecular weight is 433 g/mol. The number of hydrogen-bond donors (Lipinski definition) is 1. The number of nitrogens with zero attached hydrogens (tertiary/aromatic N) is 2. The van der Waals surface area contributed by atoms with Gasteiger partial charge in [-0.15, -0.1) is 0 Å². The molecular formula is C24H20FN3O4. The van der Waals surface area contributed by atoms with Crippen molar-refractivity contribution in [2.45, 2.75) is 13.5 Å². The van der Waals surface area contributed by atoms with Crippen LogP contribution < -0.4 is 20.3 Å². The van der Waals surface area contributed by atoms with Gasteiger partial charge in [0.1, 0.15) is 18.0 Å². The van der Waals surface area contributed by atoms with E-state index < -0.39 is 11.7 Å². The molecule has 1 N–H and O–H groups in total. The lowest BCUT2D eigenvalue weighted by atomic mass is 10.3. The summed E-state index contributed by atoms with van der Waals surface area (Å²) in [6, 6.07) is 17.7. The van der Waals surface area contributed by atoms with E-state index in [9.17, 15) is 14.0 Å². The SMILES string of the molecule is Cc1ccc2nc(COc3cccc(NC(=O)COc4ccccc4F)c3)cc(=O)n2c1. The van der Waals surface area contributed by atoms with Crippen LogP contribution >= 0.6 is 0 Å². The largest absolute Gasteiger partial charge is 0.487 e. The van der Waals surface area contributed by atoms with E-state index in [0.29, 0.717) is 22.8 Å². The van der Waals surface area contributed by atoms with Crippen LogP contribution in [0.25, 0.3) is 5.65 Å². The first-order valence-corrected chi connectivity index (χ1v) is 9.87. The number of fused-ring (bicyclic) bond motifs is 1. The predicted molar refractivity (Wildman–Crippen MR) is 117 cm³/mol. The highest BCUT2D eigenvalue weighted by Crippen LogP contribution is 2.19. The summed E-state index contributed by atoms with van der Waals surface area (Å²) in [5.74, 6) is -0.477. The minimum atomic E-state index is -0.534. The van der Waals surface area contributed by atoms with Crippen molar-refractivity contribution >= 4 is 17.2 Å². The van der Waals surface area contributed by atoms with Crippen LogP contribution in [0.15, 0.2) is 77.7 Å². The number of rotatable bonds is 7. The van der Waals surface area contributed by atoms with Crippen molar-refractivity contribution in [2.75, 3.05) is 11.9 Å². The van der Waals surface area contributed by atoms with E-state index in [-0.39, 0.29) is 24.5 Å². The van der Waals surface area contributed by atoms with E-state index in [0.717, 1.165) is 5.56 Å². The summed E-state index contributed by atoms with van der Waals surface area (Å²) in [7, 11) is 0. The quantitative estimate of drug-likeness (QED) is 0.480. The van der Waals surface area contributed by atoms with Gasteiger partial charge in [-0.05, 0) is 42.8 Å². The van der Waals surface area contributed by atoms with Crippen LogP contribution in [0.4, 0.5) is 10.1 Å². The Morgan fingerprint density at radius 1 is 1.06 bits per heavy atom. The number of ether oxygens (including phenoxy) is 2. The van der Waals surface area contributed by atoms with Gasteiger partial charge in [-0.2, -0.15) is 0 Å². The topological polar surface area (TPSA) is 81.9 Å². The number of aromatic nitrogens is 2. The molecule has 162 valence electrons. The molecule has 7 nitrogen and oxygen atoms in total. The number of pyridine rings is 1. The molecule has 2 aromatic carbocycles. The van der Waals surface area contributed by atoms with Crippen LogP contribution in [0, 0.1) is 12.7 Å². The molecule has 0 unspecified atom stereocenters. The molecule has 0 aliphatic rings. The standard InChI is InChI=1S/C24H20FN3O4/c1-16-9-10-22-26-18(12-24(30)28(22)13-16)14-31-19-6-4-5-17(11-19)27-23(29)15-32-21-8-3-2-7-20(21)25/h2-13H,14-15H2,1H3,(H,27,29). The van der Waals surface area contributed by atoms with Crippen LogP contribution in [-0.2, 0) is 11.4 Å². The second-order valence-corrected chi connectivity index (χ2v) is 7.10. The molecule has 0 atom stereocenters. The van der Waals surface area contributed by atoms with Gasteiger partial charge in [0.15, 0.2) is 18.2 Å². The van der Waals surface area contributed by atoms with Crippen molar-refractivity contribution in [3.8, 4) is 11.5 Å². The minimum absolute atomic E-state index is 0.00804. The number of amides is 1. The molecule has 0 spiro atoms. The van der Waals surface area contributed by atoms with Gasteiger partial charge in [-0.3, -0.25) is 14.0 Å². The summed E-state index contributed by atoms with van der Waals surface area (Å²) in [6.45, 7) is 1.66. The molecule has 0 saturated heterocycles. The molecular weight excluding hydrogens is 413 g/mol. The van der Waals surface area contributed by atoms with E-state index in [2.05, 4.69) is 10.3 Å². The normalized spacial score (nSPS) is 10.7. The molecule has 1 amide bonds. The number of benzene rings is 2. The van der Waals surface area contributed by atoms with E-state index in [1.165, 1.54) is 22.6 Å². The highest BCUT2D eigenvalue weighted by molar-refractivity contribution is 5.92. The third-order valence-corrected chi connectivity index (χ3v) is 4.56. The number of aryl methyl sites for hydroxylation is 1. The lowest BCUT2D eigenvalue weighted by molar-refractivity contribution is -0.118. The molecule has 8 heteroatoms. The highest BCUT2D eigenvalue weighted by Gasteiger charge is 2.08. The van der Waals surface area contributed by atoms with Crippen molar-refractivity contribution in [1.82, 2.24) is 9.38 Å². The Morgan fingerprint density at radius 3 is 2.75 bits per heavy atom. The zero-order chi connectivity index (χ0) is 22.5. The third-order valence-electron chi connectivity index (χ3n) is 4.56. The van der Waals surface area contributed by atoms with Crippen molar-refractivity contribution < 1.29 is 18.7 Å². The van der Waals surface area contributed by atoms with Crippen molar-refractivity contribution in [1.29, 1.82) is 0 Å². The fourth-order valence-electron chi connectivity index (χ4n) is 3.06. The second-order valence-electron chi connectivity index (χ2n) is 7.10. The van der Waals surface area contributed by atoms with Crippen molar-refractivity contribution in [3.05, 3.63) is 100 Å². The summed E-state index contributed by atoms with van der Waals surface area (Å²) in [5, 5.41) is 2.67. The van der Waals surface area contributed by atoms with E-state index >= 15 is 0 Å². The van der Waals surface area contributed by atoms with Gasteiger partial charge in [0.05, 0.1) is 5.69 Å². The molecule has 0 bridgehead atoms. The Hall–Kier alpha value is -4.20. The fourth-order valence-corrected chi connectivity index (χ4v) is 3.06. The summed E-state index contributed by atoms with van der Waals surface area (Å²) < 4.78 is 26.0. The van der Waals surface area contributed by atoms with E-state index in [4.69, 9.17) is 9.47 Å². The van der Waals surface area contributed by atoms with Crippen LogP contribution in [0.1, 0.15) is 11.3 Å². The number of para-hydroxylation sites is 1. The number of hydrogen-bond acceptors (Lipinski definition) is 5. The second kappa shape index (κ2) is 9.30. The molecule has 4 aromatic rings. The molecule has 0 aliphatic heterocycles. The maximum absolute atomic E-state index is 13.6. The number of anilines is 1. The van der Waals surface area contributed by atoms with E-state index in [1.54, 1.807) is 48.7 Å². The predicted octanol–water partition coefficient (Wildman–Crippen LogP) is 3.74. The van der Waals surface area contributed by atoms with Gasteiger partial charge in [0, 0.05) is 24.0 Å². The average Bonchev–Trinajstić information content (AvgIpc) is 2.78. The Balaban J connectivity index is 1.37. The van der Waals surface area contributed by atoms with Gasteiger partial charge in [-0.1, -0.05) is 24.3 Å². The van der Waals surface area contributed by atoms with Crippen LogP contribution in [0.5, 0.6) is 11.5 Å². The molecule has 2 aromatic heterocycles. The number of carbonyl (C=O) groups is 1. The Labute approximate surface area is 183 Å². The van der Waals surface area contributed by atoms with E-state index in [1.807, 2.05) is 13.0 Å². The van der Waals surface area contributed by atoms with Gasteiger partial charge in [0.2, 0.25) is 0 Å². The van der Waals surface area contributed by atoms with Gasteiger partial charge in [-0.25, -0.2) is 9.37 Å². The summed E-state index contributed by atoms with van der Waals surface area (Å²) in [4.78, 5) is 28.9. The van der Waals surface area contributed by atoms with Gasteiger partial charge >= 0.3 is 0 Å². The molecule has 0 aliphatic carbocycles. The Morgan fingerprint density at radius 2 is 1.91 bits per heavy atom. The maximum atomic E-state index is 13.6. The summed E-state index contributed by atoms with van der Waals surface area (Å²) in [5.41, 5.74) is 2.30. The number of nitrogens with one attached hydrogen (secondary N) is 1. The van der Waals surface area contributed by atoms with Gasteiger partial charge < -0.3 is 14.8 Å². The zero-order valence-corrected chi connectivity index (χ0v) is 17.2. The smallest absolute Gasteiger partial charge is 0.262 e. The van der Waals surface area contributed by atoms with Crippen LogP contribution in [-0.4, -0.2) is 21.9 Å². The fraction of sp³-hybridized carbons (Fsp3) is 0.125. The van der Waals surface area contributed by atoms with Crippen molar-refractivity contribution in [3.63, 3.8) is 0 Å². The molecule has 0 fully saturated rings. The summed E-state index contributed by atoms with van der Waals surface area (Å²) in [6.07, 6.45) is 1.73. The van der Waals surface area contributed by atoms with Gasteiger partial charge in [0.25, 0.3) is 11.5 Å². The van der Waals surface area contributed by atoms with Crippen LogP contribution in [0.3, 0.4) is 0 Å². The molecule has 0 saturated carbocycles. The molecule has 4 rings (SSSR count). The maximum Gasteiger partial charge on any atom is 0.262 e. The first-order valence-electron chi connectivity index (χ1n) is 9.87. The highest BCUT2D eigenvalue weighted by atomic mass is 19.1. The first-order chi connectivity index (χ1) is 15.5. The van der Waals surface area contributed by atoms with Crippen LogP contribution in [0.2, 0.25) is 0 Å². The first kappa shape index (κ1) is 21.0. The molecule has 2 heterocycles. The zero-order valence-electron chi connectivity index (χ0n) is 17.2. The third kappa shape index (κ3) is 5.10. The Bertz CT molecular complexity index is 1340. The number of halogens is 1. The lowest BCUT2D eigenvalue weighted by Crippen LogP contribution is -2.20. The minimum Gasteiger partial charge on any atom is -0.487 e. The molecule has 32 heavy (non-hydrogen) atoms.